The highest BCUT2D eigenvalue weighted by atomic mass is 35.5. The first-order valence-corrected chi connectivity index (χ1v) is 13.4. The molecule has 0 aliphatic heterocycles. The first-order valence-electron chi connectivity index (χ1n) is 11.5. The van der Waals surface area contributed by atoms with E-state index in [4.69, 9.17) is 11.6 Å². The van der Waals surface area contributed by atoms with Gasteiger partial charge in [-0.25, -0.2) is 13.1 Å². The van der Waals surface area contributed by atoms with E-state index in [1.807, 2.05) is 45.9 Å². The maximum absolute atomic E-state index is 12.9. The van der Waals surface area contributed by atoms with E-state index in [9.17, 15) is 13.2 Å². The van der Waals surface area contributed by atoms with E-state index in [-0.39, 0.29) is 16.4 Å². The van der Waals surface area contributed by atoms with Crippen molar-refractivity contribution in [3.05, 3.63) is 88.5 Å². The van der Waals surface area contributed by atoms with Gasteiger partial charge < -0.3 is 5.32 Å². The molecule has 0 spiro atoms. The molecule has 0 aromatic heterocycles. The van der Waals surface area contributed by atoms with Gasteiger partial charge in [0.1, 0.15) is 4.91 Å². The van der Waals surface area contributed by atoms with Gasteiger partial charge in [0.25, 0.3) is 15.9 Å². The van der Waals surface area contributed by atoms with Crippen molar-refractivity contribution in [3.63, 3.8) is 0 Å². The summed E-state index contributed by atoms with van der Waals surface area (Å²) in [6.45, 7) is 19.6. The quantitative estimate of drug-likeness (QED) is 0.186. The van der Waals surface area contributed by atoms with Gasteiger partial charge in [0.05, 0.1) is 5.70 Å². The van der Waals surface area contributed by atoms with Gasteiger partial charge in [0, 0.05) is 17.1 Å². The van der Waals surface area contributed by atoms with E-state index in [2.05, 4.69) is 23.2 Å². The Hall–Kier alpha value is -2.57. The number of unbranched alkanes of at least 4 members (excludes halogenated alkanes) is 1. The van der Waals surface area contributed by atoms with E-state index >= 15 is 0 Å². The molecule has 2 N–H and O–H groups in total. The maximum atomic E-state index is 12.9. The van der Waals surface area contributed by atoms with Crippen LogP contribution >= 0.6 is 11.6 Å². The summed E-state index contributed by atoms with van der Waals surface area (Å²) in [6.07, 6.45) is 8.11. The third kappa shape index (κ3) is 9.74. The Balaban J connectivity index is 0.00000529. The zero-order valence-electron chi connectivity index (χ0n) is 21.2. The van der Waals surface area contributed by atoms with Crippen LogP contribution in [0.5, 0.6) is 0 Å². The highest BCUT2D eigenvalue weighted by Crippen LogP contribution is 2.29. The molecule has 1 aromatic carbocycles. The molecule has 0 aliphatic rings. The molecule has 0 radical (unpaired) electrons. The maximum Gasteiger partial charge on any atom is 0.266 e. The van der Waals surface area contributed by atoms with Crippen LogP contribution in [0.15, 0.2) is 77.9 Å². The molecule has 1 rings (SSSR count). The minimum Gasteiger partial charge on any atom is -0.384 e. The van der Waals surface area contributed by atoms with Crippen molar-refractivity contribution < 1.29 is 13.2 Å². The number of carbonyl (C=O) groups is 1. The normalized spacial score (nSPS) is 13.3. The van der Waals surface area contributed by atoms with Gasteiger partial charge in [-0.2, -0.15) is 0 Å². The zero-order chi connectivity index (χ0) is 26.3. The van der Waals surface area contributed by atoms with Crippen LogP contribution in [-0.2, 0) is 14.8 Å². The van der Waals surface area contributed by atoms with E-state index in [1.165, 1.54) is 6.08 Å². The van der Waals surface area contributed by atoms with Gasteiger partial charge in [-0.15, -0.1) is 0 Å². The van der Waals surface area contributed by atoms with Crippen molar-refractivity contribution in [1.29, 1.82) is 0 Å². The number of allylic oxidation sites excluding steroid dienone is 5. The molecule has 0 heterocycles. The highest BCUT2D eigenvalue weighted by Gasteiger charge is 2.22. The van der Waals surface area contributed by atoms with Crippen LogP contribution in [0, 0.1) is 5.92 Å². The number of rotatable bonds is 12. The fourth-order valence-electron chi connectivity index (χ4n) is 2.93. The SMILES string of the molecule is C=C/C(=C(\C=C/C)NCCCC)S(=O)(=O)NC(=O)/C(C)=C/C(C)C(=C)c1ccccc1Cl.CC. The Morgan fingerprint density at radius 2 is 1.85 bits per heavy atom. The van der Waals surface area contributed by atoms with Crippen molar-refractivity contribution in [2.75, 3.05) is 6.54 Å². The smallest absolute Gasteiger partial charge is 0.266 e. The lowest BCUT2D eigenvalue weighted by atomic mass is 9.93. The summed E-state index contributed by atoms with van der Waals surface area (Å²) in [4.78, 5) is 12.6. The van der Waals surface area contributed by atoms with Gasteiger partial charge in [0.15, 0.2) is 0 Å². The predicted molar refractivity (Wildman–Crippen MR) is 147 cm³/mol. The van der Waals surface area contributed by atoms with Crippen molar-refractivity contribution in [2.45, 2.75) is 54.4 Å². The average Bonchev–Trinajstić information content (AvgIpc) is 2.80. The molecule has 0 saturated heterocycles. The summed E-state index contributed by atoms with van der Waals surface area (Å²) in [7, 11) is -4.13. The average molecular weight is 507 g/mol. The van der Waals surface area contributed by atoms with Crippen LogP contribution in [0.25, 0.3) is 5.57 Å². The van der Waals surface area contributed by atoms with E-state index in [0.29, 0.717) is 17.3 Å². The standard InChI is InChI=1S/C25H33ClN2O3S.C2H6/c1-7-10-16-27-23(13-8-2)24(9-3)32(30,31)28-25(29)19(5)17-18(4)20(6)21-14-11-12-15-22(21)26;1-2/h8-9,11-15,17-18,27H,3,6-7,10,16H2,1-2,4-5H3,(H,28,29);1-2H3/b13-8-,19-17+,24-23-;. The molecule has 0 saturated carbocycles. The first kappa shape index (κ1) is 31.4. The number of hydrogen-bond donors (Lipinski definition) is 2. The van der Waals surface area contributed by atoms with E-state index in [0.717, 1.165) is 24.0 Å². The van der Waals surface area contributed by atoms with Crippen molar-refractivity contribution in [1.82, 2.24) is 10.0 Å². The third-order valence-corrected chi connectivity index (χ3v) is 6.52. The summed E-state index contributed by atoms with van der Waals surface area (Å²) >= 11 is 6.23. The summed E-state index contributed by atoms with van der Waals surface area (Å²) in [5.41, 5.74) is 2.15. The van der Waals surface area contributed by atoms with Gasteiger partial charge in [-0.3, -0.25) is 4.79 Å². The number of halogens is 1. The number of benzene rings is 1. The number of hydrogen-bond acceptors (Lipinski definition) is 4. The van der Waals surface area contributed by atoms with Gasteiger partial charge in [0.2, 0.25) is 0 Å². The van der Waals surface area contributed by atoms with Gasteiger partial charge in [-0.1, -0.05) is 89.2 Å². The molecule has 34 heavy (non-hydrogen) atoms. The molecule has 7 heteroatoms. The fourth-order valence-corrected chi connectivity index (χ4v) is 4.36. The Kier molecular flexibility index (Phi) is 14.9. The second-order valence-corrected chi connectivity index (χ2v) is 9.40. The highest BCUT2D eigenvalue weighted by molar-refractivity contribution is 7.94. The third-order valence-electron chi connectivity index (χ3n) is 4.77. The molecular weight excluding hydrogens is 468 g/mol. The van der Waals surface area contributed by atoms with E-state index < -0.39 is 15.9 Å². The lowest BCUT2D eigenvalue weighted by Crippen LogP contribution is -2.33. The lowest BCUT2D eigenvalue weighted by Gasteiger charge is -2.15. The summed E-state index contributed by atoms with van der Waals surface area (Å²) in [6, 6.07) is 7.30. The molecule has 1 unspecified atom stereocenters. The van der Waals surface area contributed by atoms with Crippen LogP contribution in [0.4, 0.5) is 0 Å². The minimum absolute atomic E-state index is 0.0821. The Bertz CT molecular complexity index is 1040. The monoisotopic (exact) mass is 506 g/mol. The lowest BCUT2D eigenvalue weighted by molar-refractivity contribution is -0.115. The Morgan fingerprint density at radius 3 is 2.38 bits per heavy atom. The van der Waals surface area contributed by atoms with Crippen molar-refractivity contribution in [2.24, 2.45) is 5.92 Å². The number of amides is 1. The van der Waals surface area contributed by atoms with Crippen LogP contribution in [0.2, 0.25) is 5.02 Å². The summed E-state index contributed by atoms with van der Waals surface area (Å²) in [5, 5.41) is 3.67. The molecule has 1 amide bonds. The predicted octanol–water partition coefficient (Wildman–Crippen LogP) is 6.77. The van der Waals surface area contributed by atoms with Crippen LogP contribution in [0.1, 0.15) is 59.9 Å². The zero-order valence-corrected chi connectivity index (χ0v) is 22.8. The van der Waals surface area contributed by atoms with Gasteiger partial charge in [-0.05, 0) is 55.5 Å². The van der Waals surface area contributed by atoms with Gasteiger partial charge >= 0.3 is 0 Å². The molecule has 5 nitrogen and oxygen atoms in total. The number of nitrogens with one attached hydrogen (secondary N) is 2. The second-order valence-electron chi connectivity index (χ2n) is 7.34. The minimum atomic E-state index is -4.13. The second kappa shape index (κ2) is 16.1. The molecule has 188 valence electrons. The van der Waals surface area contributed by atoms with Crippen LogP contribution in [-0.4, -0.2) is 20.9 Å². The van der Waals surface area contributed by atoms with Crippen molar-refractivity contribution >= 4 is 33.1 Å². The molecule has 0 bridgehead atoms. The topological polar surface area (TPSA) is 75.3 Å². The fraction of sp³-hybridized carbons (Fsp3) is 0.370. The van der Waals surface area contributed by atoms with Crippen LogP contribution in [0.3, 0.4) is 0 Å². The Labute approximate surface area is 211 Å². The van der Waals surface area contributed by atoms with Crippen molar-refractivity contribution in [3.8, 4) is 0 Å². The molecule has 1 atom stereocenters. The van der Waals surface area contributed by atoms with Crippen LogP contribution < -0.4 is 10.0 Å². The number of carbonyl (C=O) groups excluding carboxylic acids is 1. The summed E-state index contributed by atoms with van der Waals surface area (Å²) in [5.74, 6) is -0.941. The number of sulfonamides is 1. The first-order chi connectivity index (χ1) is 16.1. The largest absolute Gasteiger partial charge is 0.384 e. The Morgan fingerprint density at radius 1 is 1.24 bits per heavy atom. The molecule has 1 aromatic rings. The molecule has 0 aliphatic carbocycles. The summed E-state index contributed by atoms with van der Waals surface area (Å²) < 4.78 is 28.0. The van der Waals surface area contributed by atoms with E-state index in [1.54, 1.807) is 38.1 Å². The molecular formula is C27H39ClN2O3S. The molecule has 0 fully saturated rings.